The molecule has 4 heteroatoms. The highest BCUT2D eigenvalue weighted by Crippen LogP contribution is 2.10. The number of aryl methyl sites for hydroxylation is 1. The average Bonchev–Trinajstić information content (AvgIpc) is 2.25. The highest BCUT2D eigenvalue weighted by molar-refractivity contribution is 5.91. The van der Waals surface area contributed by atoms with Crippen LogP contribution in [0.3, 0.4) is 0 Å². The Bertz CT molecular complexity index is 352. The Hall–Kier alpha value is -1.42. The fourth-order valence-electron chi connectivity index (χ4n) is 1.41. The van der Waals surface area contributed by atoms with E-state index < -0.39 is 0 Å². The van der Waals surface area contributed by atoms with Crippen LogP contribution in [0.25, 0.3) is 0 Å². The molecule has 3 N–H and O–H groups in total. The molecule has 0 aliphatic rings. The molecule has 1 amide bonds. The van der Waals surface area contributed by atoms with Gasteiger partial charge in [-0.3, -0.25) is 4.79 Å². The van der Waals surface area contributed by atoms with E-state index in [9.17, 15) is 4.79 Å². The molecule has 1 atom stereocenters. The van der Waals surface area contributed by atoms with Crippen LogP contribution >= 0.6 is 0 Å². The number of pyridine rings is 1. The van der Waals surface area contributed by atoms with Gasteiger partial charge in [-0.1, -0.05) is 6.92 Å². The van der Waals surface area contributed by atoms with Gasteiger partial charge in [0.15, 0.2) is 0 Å². The molecule has 1 rings (SSSR count). The molecular weight excluding hydrogens is 202 g/mol. The van der Waals surface area contributed by atoms with Crippen molar-refractivity contribution in [2.45, 2.75) is 26.7 Å². The Kier molecular flexibility index (Phi) is 4.92. The summed E-state index contributed by atoms with van der Waals surface area (Å²) in [5, 5.41) is 2.80. The standard InChI is InChI=1S/C12H19N3O/c1-9-5-7-14-11(8-9)15-12(16)10(2)4-3-6-13/h5,7-8,10H,3-4,6,13H2,1-2H3,(H,14,15,16). The number of nitrogens with two attached hydrogens (primary N) is 1. The van der Waals surface area contributed by atoms with Gasteiger partial charge < -0.3 is 11.1 Å². The predicted octanol–water partition coefficient (Wildman–Crippen LogP) is 1.70. The summed E-state index contributed by atoms with van der Waals surface area (Å²) in [6.07, 6.45) is 3.37. The summed E-state index contributed by atoms with van der Waals surface area (Å²) >= 11 is 0. The van der Waals surface area contributed by atoms with Crippen LogP contribution in [0, 0.1) is 12.8 Å². The maximum Gasteiger partial charge on any atom is 0.228 e. The molecule has 88 valence electrons. The van der Waals surface area contributed by atoms with Gasteiger partial charge in [-0.25, -0.2) is 4.98 Å². The fourth-order valence-corrected chi connectivity index (χ4v) is 1.41. The van der Waals surface area contributed by atoms with Crippen molar-refractivity contribution in [2.24, 2.45) is 11.7 Å². The number of hydrogen-bond acceptors (Lipinski definition) is 3. The molecule has 16 heavy (non-hydrogen) atoms. The van der Waals surface area contributed by atoms with E-state index in [-0.39, 0.29) is 11.8 Å². The Morgan fingerprint density at radius 2 is 2.38 bits per heavy atom. The molecular formula is C12H19N3O. The number of anilines is 1. The maximum absolute atomic E-state index is 11.7. The number of carbonyl (C=O) groups is 1. The third kappa shape index (κ3) is 3.98. The van der Waals surface area contributed by atoms with Gasteiger partial charge >= 0.3 is 0 Å². The number of hydrogen-bond donors (Lipinski definition) is 2. The van der Waals surface area contributed by atoms with Gasteiger partial charge in [-0.15, -0.1) is 0 Å². The number of carbonyl (C=O) groups excluding carboxylic acids is 1. The van der Waals surface area contributed by atoms with Crippen LogP contribution in [-0.2, 0) is 4.79 Å². The predicted molar refractivity (Wildman–Crippen MR) is 65.1 cm³/mol. The van der Waals surface area contributed by atoms with E-state index in [1.54, 1.807) is 6.20 Å². The molecule has 0 saturated heterocycles. The zero-order valence-corrected chi connectivity index (χ0v) is 9.86. The summed E-state index contributed by atoms with van der Waals surface area (Å²) in [6.45, 7) is 4.50. The van der Waals surface area contributed by atoms with Crippen molar-refractivity contribution in [3.05, 3.63) is 23.9 Å². The molecule has 0 saturated carbocycles. The zero-order valence-electron chi connectivity index (χ0n) is 9.86. The second-order valence-corrected chi connectivity index (χ2v) is 4.04. The number of nitrogens with one attached hydrogen (secondary N) is 1. The number of rotatable bonds is 5. The van der Waals surface area contributed by atoms with Crippen LogP contribution < -0.4 is 11.1 Å². The van der Waals surface area contributed by atoms with Gasteiger partial charge in [-0.2, -0.15) is 0 Å². The second-order valence-electron chi connectivity index (χ2n) is 4.04. The molecule has 4 nitrogen and oxygen atoms in total. The molecule has 0 fully saturated rings. The molecule has 0 aliphatic carbocycles. The van der Waals surface area contributed by atoms with E-state index >= 15 is 0 Å². The molecule has 1 heterocycles. The van der Waals surface area contributed by atoms with E-state index in [4.69, 9.17) is 5.73 Å². The third-order valence-electron chi connectivity index (χ3n) is 2.46. The van der Waals surface area contributed by atoms with E-state index in [1.165, 1.54) is 0 Å². The van der Waals surface area contributed by atoms with Gasteiger partial charge in [0.05, 0.1) is 0 Å². The molecule has 0 aliphatic heterocycles. The highest BCUT2D eigenvalue weighted by atomic mass is 16.1. The Morgan fingerprint density at radius 1 is 1.62 bits per heavy atom. The van der Waals surface area contributed by atoms with Crippen molar-refractivity contribution >= 4 is 11.7 Å². The third-order valence-corrected chi connectivity index (χ3v) is 2.46. The summed E-state index contributed by atoms with van der Waals surface area (Å²) in [5.41, 5.74) is 6.49. The molecule has 1 aromatic heterocycles. The molecule has 0 bridgehead atoms. The van der Waals surface area contributed by atoms with Crippen molar-refractivity contribution in [1.82, 2.24) is 4.98 Å². The Labute approximate surface area is 96.3 Å². The van der Waals surface area contributed by atoms with Crippen molar-refractivity contribution < 1.29 is 4.79 Å². The minimum Gasteiger partial charge on any atom is -0.330 e. The van der Waals surface area contributed by atoms with Crippen molar-refractivity contribution in [3.63, 3.8) is 0 Å². The first-order chi connectivity index (χ1) is 7.63. The average molecular weight is 221 g/mol. The van der Waals surface area contributed by atoms with E-state index in [1.807, 2.05) is 26.0 Å². The summed E-state index contributed by atoms with van der Waals surface area (Å²) in [4.78, 5) is 15.8. The number of nitrogens with zero attached hydrogens (tertiary/aromatic N) is 1. The van der Waals surface area contributed by atoms with Crippen LogP contribution in [0.5, 0.6) is 0 Å². The molecule has 1 unspecified atom stereocenters. The minimum absolute atomic E-state index is 0.00606. The topological polar surface area (TPSA) is 68.0 Å². The van der Waals surface area contributed by atoms with E-state index in [2.05, 4.69) is 10.3 Å². The van der Waals surface area contributed by atoms with Crippen molar-refractivity contribution in [1.29, 1.82) is 0 Å². The quantitative estimate of drug-likeness (QED) is 0.795. The van der Waals surface area contributed by atoms with Gasteiger partial charge in [0.25, 0.3) is 0 Å². The summed E-state index contributed by atoms with van der Waals surface area (Å²) in [5.74, 6) is 0.599. The minimum atomic E-state index is -0.0223. The van der Waals surface area contributed by atoms with Crippen LogP contribution in [0.1, 0.15) is 25.3 Å². The van der Waals surface area contributed by atoms with Crippen LogP contribution in [0.2, 0.25) is 0 Å². The van der Waals surface area contributed by atoms with Gasteiger partial charge in [0.1, 0.15) is 5.82 Å². The summed E-state index contributed by atoms with van der Waals surface area (Å²) in [6, 6.07) is 3.75. The van der Waals surface area contributed by atoms with Gasteiger partial charge in [-0.05, 0) is 44.0 Å². The zero-order chi connectivity index (χ0) is 12.0. The summed E-state index contributed by atoms with van der Waals surface area (Å²) in [7, 11) is 0. The fraction of sp³-hybridized carbons (Fsp3) is 0.500. The lowest BCUT2D eigenvalue weighted by molar-refractivity contribution is -0.119. The number of aromatic nitrogens is 1. The second kappa shape index (κ2) is 6.23. The normalized spacial score (nSPS) is 12.2. The van der Waals surface area contributed by atoms with Gasteiger partial charge in [0, 0.05) is 12.1 Å². The monoisotopic (exact) mass is 221 g/mol. The first-order valence-electron chi connectivity index (χ1n) is 5.57. The lowest BCUT2D eigenvalue weighted by Crippen LogP contribution is -2.21. The Balaban J connectivity index is 2.50. The molecule has 0 aromatic carbocycles. The van der Waals surface area contributed by atoms with E-state index in [0.717, 1.165) is 18.4 Å². The largest absolute Gasteiger partial charge is 0.330 e. The molecule has 0 radical (unpaired) electrons. The first kappa shape index (κ1) is 12.6. The molecule has 1 aromatic rings. The first-order valence-corrected chi connectivity index (χ1v) is 5.57. The number of amides is 1. The van der Waals surface area contributed by atoms with Crippen molar-refractivity contribution in [3.8, 4) is 0 Å². The highest BCUT2D eigenvalue weighted by Gasteiger charge is 2.12. The molecule has 0 spiro atoms. The smallest absolute Gasteiger partial charge is 0.228 e. The van der Waals surface area contributed by atoms with Crippen LogP contribution in [0.15, 0.2) is 18.3 Å². The lowest BCUT2D eigenvalue weighted by Gasteiger charge is -2.11. The summed E-state index contributed by atoms with van der Waals surface area (Å²) < 4.78 is 0. The van der Waals surface area contributed by atoms with Crippen LogP contribution in [-0.4, -0.2) is 17.4 Å². The Morgan fingerprint density at radius 3 is 3.00 bits per heavy atom. The van der Waals surface area contributed by atoms with Crippen LogP contribution in [0.4, 0.5) is 5.82 Å². The SMILES string of the molecule is Cc1ccnc(NC(=O)C(C)CCCN)c1. The maximum atomic E-state index is 11.7. The van der Waals surface area contributed by atoms with E-state index in [0.29, 0.717) is 12.4 Å². The van der Waals surface area contributed by atoms with Gasteiger partial charge in [0.2, 0.25) is 5.91 Å². The van der Waals surface area contributed by atoms with Crippen molar-refractivity contribution in [2.75, 3.05) is 11.9 Å². The lowest BCUT2D eigenvalue weighted by atomic mass is 10.1.